The van der Waals surface area contributed by atoms with Gasteiger partial charge in [-0.1, -0.05) is 134 Å². The molecule has 0 spiro atoms. The zero-order chi connectivity index (χ0) is 38.7. The normalized spacial score (nSPS) is 12.5. The van der Waals surface area contributed by atoms with Crippen molar-refractivity contribution >= 4 is 92.5 Å². The van der Waals surface area contributed by atoms with Crippen LogP contribution in [0.3, 0.4) is 0 Å². The quantitative estimate of drug-likeness (QED) is 0.124. The molecule has 0 amide bonds. The van der Waals surface area contributed by atoms with E-state index in [4.69, 9.17) is 9.98 Å². The summed E-state index contributed by atoms with van der Waals surface area (Å²) in [6.07, 6.45) is 0. The molecule has 11 rings (SSSR count). The van der Waals surface area contributed by atoms with Gasteiger partial charge in [-0.3, -0.25) is 4.57 Å². The van der Waals surface area contributed by atoms with Crippen molar-refractivity contribution in [1.29, 1.82) is 0 Å². The van der Waals surface area contributed by atoms with E-state index in [9.17, 15) is 0 Å². The number of nitrogens with zero attached hydrogens (tertiary/aromatic N) is 4. The first-order valence-corrected chi connectivity index (χ1v) is 20.3. The maximum absolute atomic E-state index is 5.22. The first kappa shape index (κ1) is 34.0. The minimum Gasteiger partial charge on any atom is -0.309 e. The van der Waals surface area contributed by atoms with Crippen LogP contribution in [0.15, 0.2) is 205 Å². The van der Waals surface area contributed by atoms with Gasteiger partial charge in [-0.25, -0.2) is 9.98 Å². The van der Waals surface area contributed by atoms with Crippen molar-refractivity contribution in [1.82, 2.24) is 9.13 Å². The van der Waals surface area contributed by atoms with Crippen molar-refractivity contribution in [2.45, 2.75) is 6.92 Å². The Bertz CT molecular complexity index is 3470. The van der Waals surface area contributed by atoms with E-state index in [-0.39, 0.29) is 0 Å². The summed E-state index contributed by atoms with van der Waals surface area (Å²) in [5.74, 6) is 1.44. The van der Waals surface area contributed by atoms with Crippen LogP contribution < -0.4 is 0 Å². The molecule has 58 heavy (non-hydrogen) atoms. The second kappa shape index (κ2) is 13.7. The van der Waals surface area contributed by atoms with Gasteiger partial charge < -0.3 is 4.57 Å². The lowest BCUT2D eigenvalue weighted by Gasteiger charge is -2.10. The first-order valence-electron chi connectivity index (χ1n) is 19.5. The summed E-state index contributed by atoms with van der Waals surface area (Å²) in [6.45, 7) is 6.37. The third-order valence-corrected chi connectivity index (χ3v) is 12.4. The molecule has 0 bridgehead atoms. The van der Waals surface area contributed by atoms with Crippen LogP contribution in [-0.2, 0) is 0 Å². The summed E-state index contributed by atoms with van der Waals surface area (Å²) in [4.78, 5) is 10.2. The molecule has 3 heterocycles. The van der Waals surface area contributed by atoms with Crippen LogP contribution in [0.5, 0.6) is 0 Å². The number of hydrogen-bond donors (Lipinski definition) is 0. The summed E-state index contributed by atoms with van der Waals surface area (Å²) in [5.41, 5.74) is 10.7. The van der Waals surface area contributed by atoms with Crippen LogP contribution in [0.25, 0.3) is 86.3 Å². The summed E-state index contributed by atoms with van der Waals surface area (Å²) < 4.78 is 7.30. The molecular weight excluding hydrogens is 725 g/mol. The molecule has 274 valence electrons. The summed E-state index contributed by atoms with van der Waals surface area (Å²) in [5, 5.41) is 7.44. The molecule has 0 saturated heterocycles. The predicted octanol–water partition coefficient (Wildman–Crippen LogP) is 14.3. The minimum absolute atomic E-state index is 0.616. The van der Waals surface area contributed by atoms with E-state index >= 15 is 0 Å². The molecule has 0 aliphatic heterocycles. The number of amidine groups is 1. The summed E-state index contributed by atoms with van der Waals surface area (Å²) >= 11 is 1.86. The molecule has 8 aromatic carbocycles. The van der Waals surface area contributed by atoms with Crippen molar-refractivity contribution in [3.63, 3.8) is 0 Å². The van der Waals surface area contributed by atoms with Crippen LogP contribution in [0.2, 0.25) is 0 Å². The topological polar surface area (TPSA) is 34.6 Å². The van der Waals surface area contributed by atoms with E-state index in [2.05, 4.69) is 150 Å². The van der Waals surface area contributed by atoms with Gasteiger partial charge in [0.05, 0.1) is 27.8 Å². The highest BCUT2D eigenvalue weighted by atomic mass is 32.1. The monoisotopic (exact) mass is 760 g/mol. The van der Waals surface area contributed by atoms with Crippen molar-refractivity contribution in [3.05, 3.63) is 206 Å². The predicted molar refractivity (Wildman–Crippen MR) is 249 cm³/mol. The Kier molecular flexibility index (Phi) is 8.02. The molecule has 0 atom stereocenters. The average Bonchev–Trinajstić information content (AvgIpc) is 3.93. The zero-order valence-electron chi connectivity index (χ0n) is 31.8. The molecule has 5 heteroatoms. The Morgan fingerprint density at radius 2 is 0.983 bits per heavy atom. The Balaban J connectivity index is 1.04. The number of fused-ring (bicyclic) bond motifs is 9. The highest BCUT2D eigenvalue weighted by Gasteiger charge is 2.18. The lowest BCUT2D eigenvalue weighted by Crippen LogP contribution is -2.11. The van der Waals surface area contributed by atoms with Gasteiger partial charge in [0.25, 0.3) is 0 Å². The fourth-order valence-electron chi connectivity index (χ4n) is 8.55. The smallest absolute Gasteiger partial charge is 0.161 e. The van der Waals surface area contributed by atoms with Crippen LogP contribution in [-0.4, -0.2) is 20.8 Å². The molecule has 0 radical (unpaired) electrons. The Hall–Kier alpha value is -7.34. The zero-order valence-corrected chi connectivity index (χ0v) is 32.6. The van der Waals surface area contributed by atoms with Gasteiger partial charge in [-0.15, -0.1) is 11.3 Å². The minimum atomic E-state index is 0.616. The number of aromatic nitrogens is 2. The lowest BCUT2D eigenvalue weighted by atomic mass is 10.0. The van der Waals surface area contributed by atoms with E-state index in [0.29, 0.717) is 11.5 Å². The number of hydrogen-bond acceptors (Lipinski definition) is 2. The Morgan fingerprint density at radius 1 is 0.448 bits per heavy atom. The van der Waals surface area contributed by atoms with E-state index in [1.54, 1.807) is 0 Å². The highest BCUT2D eigenvalue weighted by molar-refractivity contribution is 7.25. The largest absolute Gasteiger partial charge is 0.309 e. The molecule has 0 fully saturated rings. The van der Waals surface area contributed by atoms with Crippen LogP contribution in [0.4, 0.5) is 0 Å². The van der Waals surface area contributed by atoms with Gasteiger partial charge in [0.2, 0.25) is 0 Å². The number of rotatable bonds is 5. The van der Waals surface area contributed by atoms with Crippen LogP contribution >= 0.6 is 11.3 Å². The second-order valence-electron chi connectivity index (χ2n) is 14.7. The third kappa shape index (κ3) is 5.59. The van der Waals surface area contributed by atoms with Crippen molar-refractivity contribution in [3.8, 4) is 16.8 Å². The Labute approximate surface area is 339 Å². The molecule has 0 saturated carbocycles. The van der Waals surface area contributed by atoms with Gasteiger partial charge in [-0.05, 0) is 84.3 Å². The maximum atomic E-state index is 5.22. The highest BCUT2D eigenvalue weighted by Crippen LogP contribution is 2.40. The van der Waals surface area contributed by atoms with E-state index < -0.39 is 0 Å². The van der Waals surface area contributed by atoms with Crippen molar-refractivity contribution in [2.24, 2.45) is 9.98 Å². The van der Waals surface area contributed by atoms with Crippen molar-refractivity contribution in [2.75, 3.05) is 0 Å². The molecule has 3 aromatic heterocycles. The summed E-state index contributed by atoms with van der Waals surface area (Å²) in [6, 6.07) is 66.9. The van der Waals surface area contributed by atoms with Gasteiger partial charge in [0.15, 0.2) is 5.84 Å². The standard InChI is InChI=1S/C53H36N4S/c1-34(36-15-5-3-6-16-36)54-53(37-17-7-4-8-18-37)55-35(2)56-47-22-12-9-19-41(47)44-31-38(25-28-49(44)56)39-26-29-50-45(32-39)42-20-10-13-23-48(42)57(50)40-27-30-52-46(33-40)43-21-11-14-24-51(43)58-52/h3-33H,1H2,2H3. The molecule has 4 nitrogen and oxygen atoms in total. The van der Waals surface area contributed by atoms with Crippen molar-refractivity contribution < 1.29 is 0 Å². The molecule has 0 N–H and O–H groups in total. The van der Waals surface area contributed by atoms with Crippen LogP contribution in [0.1, 0.15) is 18.1 Å². The summed E-state index contributed by atoms with van der Waals surface area (Å²) in [7, 11) is 0. The van der Waals surface area contributed by atoms with Gasteiger partial charge in [0, 0.05) is 53.0 Å². The number of para-hydroxylation sites is 2. The maximum Gasteiger partial charge on any atom is 0.161 e. The van der Waals surface area contributed by atoms with E-state index in [0.717, 1.165) is 28.0 Å². The fraction of sp³-hybridized carbons (Fsp3) is 0.0189. The van der Waals surface area contributed by atoms with Crippen LogP contribution in [0, 0.1) is 0 Å². The molecule has 0 unspecified atom stereocenters. The fourth-order valence-corrected chi connectivity index (χ4v) is 9.64. The van der Waals surface area contributed by atoms with Gasteiger partial charge in [0.1, 0.15) is 5.84 Å². The van der Waals surface area contributed by atoms with Gasteiger partial charge >= 0.3 is 0 Å². The number of aliphatic imine (C=N–C) groups is 2. The second-order valence-corrected chi connectivity index (χ2v) is 15.8. The Morgan fingerprint density at radius 3 is 1.72 bits per heavy atom. The SMILES string of the molecule is C=C(N=C(N=C(C)n1c2ccccc2c2cc(-c3ccc4c(c3)c3ccccc3n4-c3ccc4sc5ccccc5c4c3)ccc21)c1ccccc1)c1ccccc1. The van der Waals surface area contributed by atoms with E-state index in [1.807, 2.05) is 72.0 Å². The molecule has 11 aromatic rings. The van der Waals surface area contributed by atoms with Gasteiger partial charge in [-0.2, -0.15) is 0 Å². The first-order chi connectivity index (χ1) is 28.6. The molecular formula is C53H36N4S. The third-order valence-electron chi connectivity index (χ3n) is 11.3. The number of thiophene rings is 1. The average molecular weight is 761 g/mol. The molecule has 0 aliphatic carbocycles. The lowest BCUT2D eigenvalue weighted by molar-refractivity contribution is 1.19. The number of benzene rings is 8. The molecule has 0 aliphatic rings. The van der Waals surface area contributed by atoms with E-state index in [1.165, 1.54) is 69.6 Å².